The maximum atomic E-state index is 6.85. The third-order valence-corrected chi connectivity index (χ3v) is 39.0. The highest BCUT2D eigenvalue weighted by Crippen LogP contribution is 2.83. The number of hydrogen-bond donors (Lipinski definition) is 0. The summed E-state index contributed by atoms with van der Waals surface area (Å²) in [5.74, 6) is 0.446. The SMILES string of the molecule is C/C=C(/O[Si](C)(C)C)P(P(C(CC)O[Si](C)(C)C)[Si](C)(C)C)[Si](C)(C)C. The summed E-state index contributed by atoms with van der Waals surface area (Å²) in [6, 6.07) is 0. The maximum absolute atomic E-state index is 6.85. The van der Waals surface area contributed by atoms with Crippen LogP contribution in [0, 0.1) is 0 Å². The van der Waals surface area contributed by atoms with Gasteiger partial charge in [0, 0.05) is 0 Å². The standard InChI is InChI=1S/C18H46O2P2Si4/c1-15-17(19-23(3,4)5)21(25(9,10)11)22(26(12,13)14)18(16-2)20-24(6,7)8/h15,18H,16H2,1-14H3/b17-15-. The van der Waals surface area contributed by atoms with Crippen molar-refractivity contribution in [3.63, 3.8) is 0 Å². The Kier molecular flexibility index (Phi) is 10.3. The molecule has 0 rings (SSSR count). The summed E-state index contributed by atoms with van der Waals surface area (Å²) in [6.45, 7) is 34.0. The van der Waals surface area contributed by atoms with Crippen LogP contribution in [-0.2, 0) is 8.85 Å². The van der Waals surface area contributed by atoms with Crippen molar-refractivity contribution in [3.05, 3.63) is 11.6 Å². The molecule has 0 N–H and O–H groups in total. The van der Waals surface area contributed by atoms with Crippen molar-refractivity contribution in [1.29, 1.82) is 0 Å². The minimum atomic E-state index is -1.62. The summed E-state index contributed by atoms with van der Waals surface area (Å²) in [5.41, 5.74) is 1.37. The smallest absolute Gasteiger partial charge is 0.242 e. The molecule has 3 atom stereocenters. The summed E-state index contributed by atoms with van der Waals surface area (Å²) in [7, 11) is -6.38. The van der Waals surface area contributed by atoms with Gasteiger partial charge in [0.25, 0.3) is 0 Å². The van der Waals surface area contributed by atoms with Gasteiger partial charge in [-0.15, -0.1) is 0 Å². The fourth-order valence-electron chi connectivity index (χ4n) is 2.87. The predicted octanol–water partition coefficient (Wildman–Crippen LogP) is 8.84. The zero-order chi connectivity index (χ0) is 21.1. The topological polar surface area (TPSA) is 18.5 Å². The van der Waals surface area contributed by atoms with E-state index in [0.717, 1.165) is 6.42 Å². The summed E-state index contributed by atoms with van der Waals surface area (Å²) >= 11 is 0. The molecule has 26 heavy (non-hydrogen) atoms. The Hall–Kier alpha value is 1.23. The monoisotopic (exact) mass is 468 g/mol. The van der Waals surface area contributed by atoms with Crippen LogP contribution >= 0.6 is 14.3 Å². The van der Waals surface area contributed by atoms with Crippen LogP contribution in [0.3, 0.4) is 0 Å². The fraction of sp³-hybridized carbons (Fsp3) is 0.889. The summed E-state index contributed by atoms with van der Waals surface area (Å²) in [6.07, 6.45) is 3.46. The van der Waals surface area contributed by atoms with E-state index in [1.54, 1.807) is 0 Å². The normalized spacial score (nSPS) is 18.5. The second kappa shape index (κ2) is 9.82. The van der Waals surface area contributed by atoms with E-state index in [1.807, 2.05) is 0 Å². The van der Waals surface area contributed by atoms with E-state index in [2.05, 4.69) is 98.5 Å². The van der Waals surface area contributed by atoms with Crippen molar-refractivity contribution in [3.8, 4) is 0 Å². The van der Waals surface area contributed by atoms with Gasteiger partial charge in [0.1, 0.15) is 0 Å². The maximum Gasteiger partial charge on any atom is 0.242 e. The van der Waals surface area contributed by atoms with Crippen molar-refractivity contribution in [1.82, 2.24) is 0 Å². The zero-order valence-corrected chi connectivity index (χ0v) is 25.9. The Morgan fingerprint density at radius 3 is 1.50 bits per heavy atom. The molecule has 156 valence electrons. The highest BCUT2D eigenvalue weighted by molar-refractivity contribution is 8.56. The van der Waals surface area contributed by atoms with Gasteiger partial charge in [-0.3, -0.25) is 0 Å². The second-order valence-electron chi connectivity index (χ2n) is 10.9. The Labute approximate surface area is 171 Å². The highest BCUT2D eigenvalue weighted by atomic mass is 32.3. The van der Waals surface area contributed by atoms with E-state index in [4.69, 9.17) is 8.85 Å². The van der Waals surface area contributed by atoms with Gasteiger partial charge in [-0.25, -0.2) is 0 Å². The van der Waals surface area contributed by atoms with Crippen LogP contribution in [0.1, 0.15) is 20.3 Å². The van der Waals surface area contributed by atoms with Crippen LogP contribution in [0.25, 0.3) is 0 Å². The van der Waals surface area contributed by atoms with E-state index in [9.17, 15) is 0 Å². The van der Waals surface area contributed by atoms with Crippen LogP contribution in [0.4, 0.5) is 0 Å². The molecule has 0 amide bonds. The average molecular weight is 469 g/mol. The van der Waals surface area contributed by atoms with Gasteiger partial charge in [0.2, 0.25) is 8.32 Å². The molecule has 0 fully saturated rings. The molecule has 0 aromatic heterocycles. The molecule has 0 bridgehead atoms. The lowest BCUT2D eigenvalue weighted by atomic mass is 10.5. The molecule has 0 heterocycles. The van der Waals surface area contributed by atoms with E-state index >= 15 is 0 Å². The van der Waals surface area contributed by atoms with Crippen LogP contribution in [0.2, 0.25) is 78.6 Å². The Bertz CT molecular complexity index is 472. The first-order valence-corrected chi connectivity index (χ1v) is 28.9. The minimum absolute atomic E-state index is 0.172. The first-order valence-electron chi connectivity index (χ1n) is 9.96. The molecule has 8 heteroatoms. The van der Waals surface area contributed by atoms with E-state index in [-0.39, 0.29) is 14.3 Å². The molecule has 0 saturated heterocycles. The van der Waals surface area contributed by atoms with E-state index in [0.29, 0.717) is 5.85 Å². The van der Waals surface area contributed by atoms with Gasteiger partial charge >= 0.3 is 0 Å². The third-order valence-electron chi connectivity index (χ3n) is 3.52. The molecule has 0 aliphatic heterocycles. The average Bonchev–Trinajstić information content (AvgIpc) is 2.35. The van der Waals surface area contributed by atoms with Crippen LogP contribution < -0.4 is 0 Å². The predicted molar refractivity (Wildman–Crippen MR) is 137 cm³/mol. The molecule has 0 aliphatic carbocycles. The first-order chi connectivity index (χ1) is 11.3. The summed E-state index contributed by atoms with van der Waals surface area (Å²) in [5, 5.41) is 0. The molecule has 0 aromatic rings. The Morgan fingerprint density at radius 1 is 0.808 bits per heavy atom. The fourth-order valence-corrected chi connectivity index (χ4v) is 53.6. The molecule has 0 radical (unpaired) electrons. The van der Waals surface area contributed by atoms with Crippen LogP contribution in [0.15, 0.2) is 11.6 Å². The second-order valence-corrected chi connectivity index (χ2v) is 46.4. The minimum Gasteiger partial charge on any atom is -0.544 e. The summed E-state index contributed by atoms with van der Waals surface area (Å²) < 4.78 is 13.6. The van der Waals surface area contributed by atoms with Crippen molar-refractivity contribution >= 4 is 46.4 Å². The molecular weight excluding hydrogens is 422 g/mol. The van der Waals surface area contributed by atoms with Crippen molar-refractivity contribution in [2.45, 2.75) is 105 Å². The van der Waals surface area contributed by atoms with Crippen LogP contribution in [0.5, 0.6) is 0 Å². The number of rotatable bonds is 10. The molecular formula is C18H46O2P2Si4. The Balaban J connectivity index is 6.32. The van der Waals surface area contributed by atoms with Gasteiger partial charge in [0.05, 0.1) is 26.8 Å². The largest absolute Gasteiger partial charge is 0.544 e. The van der Waals surface area contributed by atoms with E-state index < -0.39 is 32.1 Å². The van der Waals surface area contributed by atoms with Gasteiger partial charge < -0.3 is 8.85 Å². The van der Waals surface area contributed by atoms with Crippen LogP contribution in [-0.4, -0.2) is 38.0 Å². The molecule has 0 spiro atoms. The van der Waals surface area contributed by atoms with Crippen molar-refractivity contribution < 1.29 is 8.85 Å². The Morgan fingerprint density at radius 2 is 1.27 bits per heavy atom. The van der Waals surface area contributed by atoms with Crippen molar-refractivity contribution in [2.75, 3.05) is 0 Å². The van der Waals surface area contributed by atoms with Gasteiger partial charge in [-0.1, -0.05) is 53.4 Å². The quantitative estimate of drug-likeness (QED) is 0.181. The molecule has 0 saturated carbocycles. The number of hydrogen-bond acceptors (Lipinski definition) is 2. The van der Waals surface area contributed by atoms with Gasteiger partial charge in [-0.05, 0) is 65.9 Å². The lowest BCUT2D eigenvalue weighted by Gasteiger charge is -2.49. The summed E-state index contributed by atoms with van der Waals surface area (Å²) in [4.78, 5) is 0. The molecule has 0 aromatic carbocycles. The molecule has 2 nitrogen and oxygen atoms in total. The molecule has 3 unspecified atom stereocenters. The zero-order valence-electron chi connectivity index (χ0n) is 20.1. The van der Waals surface area contributed by atoms with E-state index in [1.165, 1.54) is 5.50 Å². The molecule has 0 aliphatic rings. The number of allylic oxidation sites excluding steroid dienone is 1. The van der Waals surface area contributed by atoms with Crippen molar-refractivity contribution in [2.24, 2.45) is 0 Å². The van der Waals surface area contributed by atoms with Gasteiger partial charge in [-0.2, -0.15) is 0 Å². The third kappa shape index (κ3) is 9.62. The highest BCUT2D eigenvalue weighted by Gasteiger charge is 2.47. The lowest BCUT2D eigenvalue weighted by molar-refractivity contribution is 0.274. The first kappa shape index (κ1) is 27.2. The van der Waals surface area contributed by atoms with Gasteiger partial charge in [0.15, 0.2) is 8.32 Å². The lowest BCUT2D eigenvalue weighted by Crippen LogP contribution is -2.37.